The third-order valence-corrected chi connectivity index (χ3v) is 8.63. The van der Waals surface area contributed by atoms with Crippen molar-refractivity contribution in [3.05, 3.63) is 0 Å². The Kier molecular flexibility index (Phi) is 3.52. The summed E-state index contributed by atoms with van der Waals surface area (Å²) < 4.78 is 24.5. The topological polar surface area (TPSA) is 54.0 Å². The summed E-state index contributed by atoms with van der Waals surface area (Å²) in [5.41, 5.74) is -0.489. The van der Waals surface area contributed by atoms with E-state index in [2.05, 4.69) is 13.8 Å². The van der Waals surface area contributed by atoms with Gasteiger partial charge in [-0.2, -0.15) is 0 Å². The molecule has 5 rings (SSSR count). The average Bonchev–Trinajstić information content (AvgIpc) is 3.34. The van der Waals surface area contributed by atoms with Crippen molar-refractivity contribution < 1.29 is 23.7 Å². The lowest BCUT2D eigenvalue weighted by atomic mass is 9.48. The maximum atomic E-state index is 12.3. The largest absolute Gasteiger partial charge is 0.347 e. The number of hydrogen-bond donors (Lipinski definition) is 0. The van der Waals surface area contributed by atoms with Crippen molar-refractivity contribution in [1.82, 2.24) is 0 Å². The minimum atomic E-state index is -0.694. The Morgan fingerprint density at radius 3 is 1.96 bits per heavy atom. The van der Waals surface area contributed by atoms with Gasteiger partial charge in [0.2, 0.25) is 0 Å². The van der Waals surface area contributed by atoms with E-state index in [-0.39, 0.29) is 11.2 Å². The minimum absolute atomic E-state index is 0.0658. The Labute approximate surface area is 149 Å². The van der Waals surface area contributed by atoms with Crippen LogP contribution in [0.5, 0.6) is 0 Å². The predicted octanol–water partition coefficient (Wildman–Crippen LogP) is 2.91. The van der Waals surface area contributed by atoms with Crippen LogP contribution in [-0.2, 0) is 23.7 Å². The first kappa shape index (κ1) is 16.7. The number of carbonyl (C=O) groups excluding carboxylic acids is 1. The summed E-state index contributed by atoms with van der Waals surface area (Å²) in [4.78, 5) is 12.3. The molecule has 5 aliphatic rings. The summed E-state index contributed by atoms with van der Waals surface area (Å²) in [6.07, 6.45) is 7.25. The highest BCUT2D eigenvalue weighted by Gasteiger charge is 2.70. The maximum Gasteiger partial charge on any atom is 0.180 e. The Morgan fingerprint density at radius 1 is 0.760 bits per heavy atom. The van der Waals surface area contributed by atoms with Gasteiger partial charge in [-0.25, -0.2) is 0 Å². The number of carbonyl (C=O) groups is 1. The summed E-state index contributed by atoms with van der Waals surface area (Å²) in [5.74, 6) is 0.337. The normalized spacial score (nSPS) is 50.1. The van der Waals surface area contributed by atoms with Gasteiger partial charge in [0.25, 0.3) is 0 Å². The van der Waals surface area contributed by atoms with Gasteiger partial charge in [0.05, 0.1) is 31.8 Å². The third-order valence-electron chi connectivity index (χ3n) is 8.63. The molecule has 0 aromatic rings. The second-order valence-electron chi connectivity index (χ2n) is 9.21. The van der Waals surface area contributed by atoms with E-state index in [9.17, 15) is 4.79 Å². The van der Waals surface area contributed by atoms with Gasteiger partial charge < -0.3 is 23.7 Å². The summed E-state index contributed by atoms with van der Waals surface area (Å²) in [5, 5.41) is 0. The molecule has 3 aliphatic carbocycles. The fourth-order valence-electron chi connectivity index (χ4n) is 7.32. The second kappa shape index (κ2) is 5.28. The molecule has 2 aliphatic heterocycles. The highest BCUT2D eigenvalue weighted by atomic mass is 16.7. The highest BCUT2D eigenvalue weighted by molar-refractivity contribution is 5.62. The molecule has 1 unspecified atom stereocenters. The van der Waals surface area contributed by atoms with E-state index in [1.807, 2.05) is 0 Å². The zero-order valence-electron chi connectivity index (χ0n) is 15.4. The molecule has 2 heterocycles. The van der Waals surface area contributed by atoms with Crippen LogP contribution in [0, 0.1) is 28.6 Å². The van der Waals surface area contributed by atoms with Gasteiger partial charge in [0.15, 0.2) is 11.6 Å². The van der Waals surface area contributed by atoms with Gasteiger partial charge >= 0.3 is 0 Å². The third kappa shape index (κ3) is 1.86. The first-order valence-electron chi connectivity index (χ1n) is 10.0. The zero-order chi connectivity index (χ0) is 17.3. The molecule has 0 N–H and O–H groups in total. The molecule has 5 atom stereocenters. The Balaban J connectivity index is 1.50. The fraction of sp³-hybridized carbons (Fsp3) is 0.950. The number of aldehydes is 1. The molecule has 5 heteroatoms. The van der Waals surface area contributed by atoms with Crippen molar-refractivity contribution in [2.75, 3.05) is 26.4 Å². The van der Waals surface area contributed by atoms with Crippen LogP contribution in [0.1, 0.15) is 52.4 Å². The number of hydrogen-bond acceptors (Lipinski definition) is 5. The molecule has 2 saturated heterocycles. The van der Waals surface area contributed by atoms with Crippen molar-refractivity contribution in [2.45, 2.75) is 63.9 Å². The van der Waals surface area contributed by atoms with E-state index < -0.39 is 11.2 Å². The van der Waals surface area contributed by atoms with Crippen molar-refractivity contribution in [3.63, 3.8) is 0 Å². The lowest BCUT2D eigenvalue weighted by molar-refractivity contribution is -0.287. The van der Waals surface area contributed by atoms with E-state index in [4.69, 9.17) is 18.9 Å². The van der Waals surface area contributed by atoms with Gasteiger partial charge in [-0.15, -0.1) is 0 Å². The van der Waals surface area contributed by atoms with Gasteiger partial charge in [0, 0.05) is 18.3 Å². The lowest BCUT2D eigenvalue weighted by Gasteiger charge is -2.59. The Hall–Kier alpha value is -0.490. The molecule has 140 valence electrons. The SMILES string of the molecule is C[C@]12CCC3[C@@H](CCC4(OCCO4)[C@]3(C)C=O)[C@@H]1CCC21OCCO1. The summed E-state index contributed by atoms with van der Waals surface area (Å²) in [6.45, 7) is 7.09. The van der Waals surface area contributed by atoms with E-state index in [0.717, 1.165) is 44.8 Å². The van der Waals surface area contributed by atoms with E-state index in [1.54, 1.807) is 0 Å². The van der Waals surface area contributed by atoms with Crippen LogP contribution >= 0.6 is 0 Å². The van der Waals surface area contributed by atoms with Gasteiger partial charge in [0.1, 0.15) is 6.29 Å². The fourth-order valence-corrected chi connectivity index (χ4v) is 7.32. The lowest BCUT2D eigenvalue weighted by Crippen LogP contribution is -2.62. The van der Waals surface area contributed by atoms with Crippen LogP contribution < -0.4 is 0 Å². The molecular weight excluding hydrogens is 320 g/mol. The second-order valence-corrected chi connectivity index (χ2v) is 9.21. The summed E-state index contributed by atoms with van der Waals surface area (Å²) in [6, 6.07) is 0. The summed E-state index contributed by atoms with van der Waals surface area (Å²) in [7, 11) is 0. The first-order chi connectivity index (χ1) is 12.0. The van der Waals surface area contributed by atoms with Crippen molar-refractivity contribution in [3.8, 4) is 0 Å². The van der Waals surface area contributed by atoms with E-state index in [0.29, 0.717) is 44.2 Å². The van der Waals surface area contributed by atoms with Crippen molar-refractivity contribution in [2.24, 2.45) is 28.6 Å². The number of rotatable bonds is 1. The average molecular weight is 350 g/mol. The van der Waals surface area contributed by atoms with Crippen molar-refractivity contribution >= 4 is 6.29 Å². The molecule has 0 bridgehead atoms. The first-order valence-corrected chi connectivity index (χ1v) is 10.0. The van der Waals surface area contributed by atoms with Gasteiger partial charge in [-0.3, -0.25) is 0 Å². The molecule has 0 radical (unpaired) electrons. The Bertz CT molecular complexity index is 564. The quantitative estimate of drug-likeness (QED) is 0.681. The predicted molar refractivity (Wildman–Crippen MR) is 89.7 cm³/mol. The molecule has 3 saturated carbocycles. The molecule has 0 amide bonds. The molecule has 5 nitrogen and oxygen atoms in total. The monoisotopic (exact) mass is 350 g/mol. The van der Waals surface area contributed by atoms with Crippen LogP contribution in [0.2, 0.25) is 0 Å². The minimum Gasteiger partial charge on any atom is -0.347 e. The standard InChI is InChI=1S/C20H30O5/c1-17-6-4-16-14(15(17)5-8-19(17)22-9-10-23-19)3-7-20(18(16,2)13-21)24-11-12-25-20/h13-16H,3-12H2,1-2H3/t14-,15-,16?,17-,18+/m0/s1. The highest BCUT2D eigenvalue weighted by Crippen LogP contribution is 2.68. The van der Waals surface area contributed by atoms with Crippen LogP contribution in [-0.4, -0.2) is 44.3 Å². The van der Waals surface area contributed by atoms with Crippen LogP contribution in [0.3, 0.4) is 0 Å². The van der Waals surface area contributed by atoms with E-state index >= 15 is 0 Å². The molecule has 0 aromatic carbocycles. The number of ether oxygens (including phenoxy) is 4. The molecule has 0 aromatic heterocycles. The molecular formula is C20H30O5. The van der Waals surface area contributed by atoms with Gasteiger partial charge in [-0.05, 0) is 50.4 Å². The smallest absolute Gasteiger partial charge is 0.180 e. The van der Waals surface area contributed by atoms with Crippen molar-refractivity contribution in [1.29, 1.82) is 0 Å². The van der Waals surface area contributed by atoms with E-state index in [1.165, 1.54) is 0 Å². The van der Waals surface area contributed by atoms with Crippen LogP contribution in [0.4, 0.5) is 0 Å². The van der Waals surface area contributed by atoms with Crippen LogP contribution in [0.15, 0.2) is 0 Å². The maximum absolute atomic E-state index is 12.3. The van der Waals surface area contributed by atoms with Gasteiger partial charge in [-0.1, -0.05) is 6.92 Å². The van der Waals surface area contributed by atoms with Crippen LogP contribution in [0.25, 0.3) is 0 Å². The molecule has 25 heavy (non-hydrogen) atoms. The Morgan fingerprint density at radius 2 is 1.32 bits per heavy atom. The number of fused-ring (bicyclic) bond motifs is 4. The molecule has 2 spiro atoms. The summed E-state index contributed by atoms with van der Waals surface area (Å²) >= 11 is 0. The zero-order valence-corrected chi connectivity index (χ0v) is 15.4. The molecule has 5 fully saturated rings.